The predicted molar refractivity (Wildman–Crippen MR) is 59.9 cm³/mol. The molecule has 1 rings (SSSR count). The van der Waals surface area contributed by atoms with Crippen LogP contribution in [0.2, 0.25) is 0 Å². The Labute approximate surface area is 92.0 Å². The Morgan fingerprint density at radius 1 is 1.47 bits per heavy atom. The second-order valence-electron chi connectivity index (χ2n) is 5.16. The van der Waals surface area contributed by atoms with Crippen molar-refractivity contribution >= 4 is 6.03 Å². The molecule has 0 aromatic carbocycles. The van der Waals surface area contributed by atoms with Crippen LogP contribution in [0, 0.1) is 0 Å². The van der Waals surface area contributed by atoms with Crippen LogP contribution in [0.3, 0.4) is 0 Å². The molecule has 0 bridgehead atoms. The van der Waals surface area contributed by atoms with Crippen molar-refractivity contribution in [2.75, 3.05) is 19.7 Å². The highest BCUT2D eigenvalue weighted by Gasteiger charge is 2.22. The van der Waals surface area contributed by atoms with Crippen LogP contribution in [0.15, 0.2) is 0 Å². The first-order valence-electron chi connectivity index (χ1n) is 5.57. The highest BCUT2D eigenvalue weighted by molar-refractivity contribution is 5.75. The number of carbonyl (C=O) groups is 1. The Kier molecular flexibility index (Phi) is 3.97. The van der Waals surface area contributed by atoms with Crippen molar-refractivity contribution in [3.05, 3.63) is 0 Å². The highest BCUT2D eigenvalue weighted by Crippen LogP contribution is 2.07. The third kappa shape index (κ3) is 4.51. The van der Waals surface area contributed by atoms with Gasteiger partial charge in [0.25, 0.3) is 0 Å². The summed E-state index contributed by atoms with van der Waals surface area (Å²) in [5, 5.41) is 2.97. The minimum atomic E-state index is -0.173. The maximum atomic E-state index is 11.9. The van der Waals surface area contributed by atoms with Crippen LogP contribution in [0.5, 0.6) is 0 Å². The van der Waals surface area contributed by atoms with Crippen molar-refractivity contribution in [1.82, 2.24) is 10.2 Å². The number of hydrogen-bond acceptors (Lipinski definition) is 2. The molecule has 0 radical (unpaired) electrons. The molecule has 0 spiro atoms. The first-order valence-corrected chi connectivity index (χ1v) is 5.57. The molecule has 4 heteroatoms. The fourth-order valence-corrected chi connectivity index (χ4v) is 1.58. The first-order chi connectivity index (χ1) is 6.88. The van der Waals surface area contributed by atoms with Crippen LogP contribution < -0.4 is 5.32 Å². The van der Waals surface area contributed by atoms with Gasteiger partial charge in [0.15, 0.2) is 0 Å². The fourth-order valence-electron chi connectivity index (χ4n) is 1.58. The quantitative estimate of drug-likeness (QED) is 0.665. The fraction of sp³-hybridized carbons (Fsp3) is 0.909. The molecule has 2 amide bonds. The molecule has 4 nitrogen and oxygen atoms in total. The Hall–Kier alpha value is -0.770. The van der Waals surface area contributed by atoms with E-state index in [1.165, 1.54) is 0 Å². The molecular formula is C11H22N2O2. The standard InChI is InChI=1S/C11H22N2O2/c1-9-8-13(6-5-7-15-9)10(14)12-11(2,3)4/h9H,5-8H2,1-4H3,(H,12,14). The van der Waals surface area contributed by atoms with Crippen molar-refractivity contribution in [3.8, 4) is 0 Å². The van der Waals surface area contributed by atoms with Gasteiger partial charge in [-0.05, 0) is 34.1 Å². The van der Waals surface area contributed by atoms with Crippen molar-refractivity contribution in [2.45, 2.75) is 45.8 Å². The summed E-state index contributed by atoms with van der Waals surface area (Å²) in [4.78, 5) is 13.7. The smallest absolute Gasteiger partial charge is 0.317 e. The second kappa shape index (κ2) is 4.84. The summed E-state index contributed by atoms with van der Waals surface area (Å²) in [7, 11) is 0. The van der Waals surface area contributed by atoms with Gasteiger partial charge < -0.3 is 15.0 Å². The Morgan fingerprint density at radius 2 is 2.13 bits per heavy atom. The average molecular weight is 214 g/mol. The molecule has 1 unspecified atom stereocenters. The molecule has 15 heavy (non-hydrogen) atoms. The molecule has 1 N–H and O–H groups in total. The van der Waals surface area contributed by atoms with Crippen LogP contribution >= 0.6 is 0 Å². The van der Waals surface area contributed by atoms with E-state index in [0.717, 1.165) is 19.6 Å². The molecule has 1 aliphatic heterocycles. The molecule has 1 aliphatic rings. The summed E-state index contributed by atoms with van der Waals surface area (Å²) in [6.45, 7) is 10.2. The van der Waals surface area contributed by atoms with Gasteiger partial charge in [0.2, 0.25) is 0 Å². The lowest BCUT2D eigenvalue weighted by atomic mass is 10.1. The molecule has 0 saturated carbocycles. The zero-order valence-corrected chi connectivity index (χ0v) is 10.2. The van der Waals surface area contributed by atoms with Gasteiger partial charge in [0, 0.05) is 25.2 Å². The summed E-state index contributed by atoms with van der Waals surface area (Å²) in [6, 6.07) is 0.0138. The maximum Gasteiger partial charge on any atom is 0.317 e. The van der Waals surface area contributed by atoms with E-state index < -0.39 is 0 Å². The van der Waals surface area contributed by atoms with E-state index in [0.29, 0.717) is 6.54 Å². The summed E-state index contributed by atoms with van der Waals surface area (Å²) < 4.78 is 5.49. The minimum Gasteiger partial charge on any atom is -0.377 e. The van der Waals surface area contributed by atoms with Gasteiger partial charge in [0.1, 0.15) is 0 Å². The van der Waals surface area contributed by atoms with Gasteiger partial charge in [-0.2, -0.15) is 0 Å². The Bertz CT molecular complexity index is 223. The van der Waals surface area contributed by atoms with Crippen LogP contribution in [0.25, 0.3) is 0 Å². The molecule has 0 aromatic heterocycles. The van der Waals surface area contributed by atoms with E-state index in [1.54, 1.807) is 0 Å². The molecule has 1 fully saturated rings. The predicted octanol–water partition coefficient (Wildman–Crippen LogP) is 1.61. The molecule has 1 saturated heterocycles. The average Bonchev–Trinajstić information content (AvgIpc) is 2.26. The monoisotopic (exact) mass is 214 g/mol. The summed E-state index contributed by atoms with van der Waals surface area (Å²) in [5.74, 6) is 0. The number of ether oxygens (including phenoxy) is 1. The number of nitrogens with one attached hydrogen (secondary N) is 1. The van der Waals surface area contributed by atoms with E-state index in [1.807, 2.05) is 32.6 Å². The summed E-state index contributed by atoms with van der Waals surface area (Å²) >= 11 is 0. The third-order valence-corrected chi connectivity index (χ3v) is 2.22. The van der Waals surface area contributed by atoms with Gasteiger partial charge in [-0.1, -0.05) is 0 Å². The van der Waals surface area contributed by atoms with E-state index in [-0.39, 0.29) is 17.7 Å². The van der Waals surface area contributed by atoms with Crippen molar-refractivity contribution in [1.29, 1.82) is 0 Å². The lowest BCUT2D eigenvalue weighted by Crippen LogP contribution is -2.49. The van der Waals surface area contributed by atoms with Gasteiger partial charge in [0.05, 0.1) is 6.10 Å². The number of urea groups is 1. The SMILES string of the molecule is CC1CN(C(=O)NC(C)(C)C)CCCO1. The molecule has 1 atom stereocenters. The first kappa shape index (κ1) is 12.3. The largest absolute Gasteiger partial charge is 0.377 e. The molecular weight excluding hydrogens is 192 g/mol. The number of rotatable bonds is 0. The Balaban J connectivity index is 2.50. The number of amides is 2. The zero-order chi connectivity index (χ0) is 11.5. The van der Waals surface area contributed by atoms with Crippen LogP contribution in [-0.4, -0.2) is 42.3 Å². The highest BCUT2D eigenvalue weighted by atomic mass is 16.5. The maximum absolute atomic E-state index is 11.9. The van der Waals surface area contributed by atoms with Crippen LogP contribution in [0.4, 0.5) is 4.79 Å². The summed E-state index contributed by atoms with van der Waals surface area (Å²) in [6.07, 6.45) is 1.06. The summed E-state index contributed by atoms with van der Waals surface area (Å²) in [5.41, 5.74) is -0.173. The molecule has 1 heterocycles. The van der Waals surface area contributed by atoms with Crippen molar-refractivity contribution < 1.29 is 9.53 Å². The zero-order valence-electron chi connectivity index (χ0n) is 10.2. The second-order valence-corrected chi connectivity index (χ2v) is 5.16. The van der Waals surface area contributed by atoms with E-state index >= 15 is 0 Å². The van der Waals surface area contributed by atoms with Gasteiger partial charge in [-0.15, -0.1) is 0 Å². The normalized spacial score (nSPS) is 23.5. The van der Waals surface area contributed by atoms with E-state index in [9.17, 15) is 4.79 Å². The van der Waals surface area contributed by atoms with Crippen molar-refractivity contribution in [2.24, 2.45) is 0 Å². The number of carbonyl (C=O) groups excluding carboxylic acids is 1. The van der Waals surface area contributed by atoms with Crippen LogP contribution in [0.1, 0.15) is 34.1 Å². The lowest BCUT2D eigenvalue weighted by molar-refractivity contribution is 0.0706. The minimum absolute atomic E-state index is 0.0138. The molecule has 0 aromatic rings. The Morgan fingerprint density at radius 3 is 2.73 bits per heavy atom. The van der Waals surface area contributed by atoms with E-state index in [2.05, 4.69) is 5.32 Å². The van der Waals surface area contributed by atoms with Crippen molar-refractivity contribution in [3.63, 3.8) is 0 Å². The lowest BCUT2D eigenvalue weighted by Gasteiger charge is -2.28. The molecule has 88 valence electrons. The van der Waals surface area contributed by atoms with Crippen LogP contribution in [-0.2, 0) is 4.74 Å². The van der Waals surface area contributed by atoms with Gasteiger partial charge >= 0.3 is 6.03 Å². The molecule has 0 aliphatic carbocycles. The topological polar surface area (TPSA) is 41.6 Å². The van der Waals surface area contributed by atoms with E-state index in [4.69, 9.17) is 4.74 Å². The van der Waals surface area contributed by atoms with Gasteiger partial charge in [-0.25, -0.2) is 4.79 Å². The van der Waals surface area contributed by atoms with Gasteiger partial charge in [-0.3, -0.25) is 0 Å². The number of nitrogens with zero attached hydrogens (tertiary/aromatic N) is 1. The number of hydrogen-bond donors (Lipinski definition) is 1. The third-order valence-electron chi connectivity index (χ3n) is 2.22.